The van der Waals surface area contributed by atoms with Crippen LogP contribution in [0.15, 0.2) is 88.2 Å². The monoisotopic (exact) mass is 468 g/mol. The lowest BCUT2D eigenvalue weighted by molar-refractivity contribution is -0.139. The summed E-state index contributed by atoms with van der Waals surface area (Å²) >= 11 is 5.26. The average molecular weight is 469 g/mol. The SMILES string of the molecule is Cc1ccc(C(=CCSc2ccc(OCC(=O)O)cc2Br)c2ccccc2)cc1. The topological polar surface area (TPSA) is 46.5 Å². The molecule has 0 heterocycles. The van der Waals surface area contributed by atoms with Crippen molar-refractivity contribution in [1.82, 2.24) is 0 Å². The normalized spacial score (nSPS) is 11.3. The maximum absolute atomic E-state index is 10.6. The van der Waals surface area contributed by atoms with Gasteiger partial charge in [-0.15, -0.1) is 11.8 Å². The maximum atomic E-state index is 10.6. The van der Waals surface area contributed by atoms with Gasteiger partial charge >= 0.3 is 5.97 Å². The average Bonchev–Trinajstić information content (AvgIpc) is 2.72. The molecule has 1 N–H and O–H groups in total. The van der Waals surface area contributed by atoms with Crippen LogP contribution in [0.3, 0.4) is 0 Å². The van der Waals surface area contributed by atoms with Crippen LogP contribution in [0.4, 0.5) is 0 Å². The number of hydrogen-bond donors (Lipinski definition) is 1. The van der Waals surface area contributed by atoms with Crippen LogP contribution in [0.2, 0.25) is 0 Å². The molecule has 148 valence electrons. The van der Waals surface area contributed by atoms with Gasteiger partial charge in [0.25, 0.3) is 0 Å². The van der Waals surface area contributed by atoms with Gasteiger partial charge in [-0.1, -0.05) is 66.2 Å². The van der Waals surface area contributed by atoms with E-state index in [1.165, 1.54) is 22.3 Å². The largest absolute Gasteiger partial charge is 0.482 e. The number of carbonyl (C=O) groups is 1. The van der Waals surface area contributed by atoms with E-state index in [4.69, 9.17) is 9.84 Å². The van der Waals surface area contributed by atoms with Crippen molar-refractivity contribution in [3.8, 4) is 5.75 Å². The second-order valence-electron chi connectivity index (χ2n) is 6.44. The van der Waals surface area contributed by atoms with Crippen molar-refractivity contribution in [2.45, 2.75) is 11.8 Å². The summed E-state index contributed by atoms with van der Waals surface area (Å²) in [6.45, 7) is 1.74. The molecule has 0 aliphatic rings. The smallest absolute Gasteiger partial charge is 0.341 e. The van der Waals surface area contributed by atoms with Crippen LogP contribution < -0.4 is 4.74 Å². The van der Waals surface area contributed by atoms with E-state index < -0.39 is 5.97 Å². The summed E-state index contributed by atoms with van der Waals surface area (Å²) in [5.74, 6) is 0.338. The number of aryl methyl sites for hydroxylation is 1. The second-order valence-corrected chi connectivity index (χ2v) is 8.35. The standard InChI is InChI=1S/C24H21BrO3S/c1-17-7-9-19(10-8-17)21(18-5-3-2-4-6-18)13-14-29-23-12-11-20(15-22(23)25)28-16-24(26)27/h2-13,15H,14,16H2,1H3,(H,26,27). The third-order valence-corrected chi connectivity index (χ3v) is 6.16. The molecule has 0 aromatic heterocycles. The maximum Gasteiger partial charge on any atom is 0.341 e. The van der Waals surface area contributed by atoms with E-state index in [9.17, 15) is 4.79 Å². The Morgan fingerprint density at radius 2 is 1.72 bits per heavy atom. The highest BCUT2D eigenvalue weighted by Crippen LogP contribution is 2.32. The molecule has 0 radical (unpaired) electrons. The predicted molar refractivity (Wildman–Crippen MR) is 123 cm³/mol. The van der Waals surface area contributed by atoms with Crippen LogP contribution in [0.25, 0.3) is 5.57 Å². The molecule has 0 aliphatic heterocycles. The third-order valence-electron chi connectivity index (χ3n) is 4.24. The summed E-state index contributed by atoms with van der Waals surface area (Å²) in [4.78, 5) is 11.7. The third kappa shape index (κ3) is 6.24. The van der Waals surface area contributed by atoms with Gasteiger partial charge in [0.1, 0.15) is 5.75 Å². The van der Waals surface area contributed by atoms with Crippen LogP contribution in [-0.2, 0) is 4.79 Å². The zero-order chi connectivity index (χ0) is 20.6. The second kappa shape index (κ2) is 10.3. The molecule has 29 heavy (non-hydrogen) atoms. The first kappa shape index (κ1) is 21.2. The molecule has 0 saturated heterocycles. The van der Waals surface area contributed by atoms with Crippen molar-refractivity contribution in [3.05, 3.63) is 100 Å². The minimum Gasteiger partial charge on any atom is -0.482 e. The van der Waals surface area contributed by atoms with Gasteiger partial charge in [0, 0.05) is 15.1 Å². The first-order valence-corrected chi connectivity index (χ1v) is 10.9. The number of benzene rings is 3. The Bertz CT molecular complexity index is 998. The first-order valence-electron chi connectivity index (χ1n) is 9.12. The molecule has 3 nitrogen and oxygen atoms in total. The summed E-state index contributed by atoms with van der Waals surface area (Å²) in [5.41, 5.74) is 4.83. The van der Waals surface area contributed by atoms with Crippen molar-refractivity contribution in [2.75, 3.05) is 12.4 Å². The molecule has 0 spiro atoms. The van der Waals surface area contributed by atoms with E-state index in [1.54, 1.807) is 23.9 Å². The number of carboxylic acids is 1. The number of rotatable bonds is 8. The molecule has 5 heteroatoms. The summed E-state index contributed by atoms with van der Waals surface area (Å²) < 4.78 is 6.11. The highest BCUT2D eigenvalue weighted by molar-refractivity contribution is 9.10. The van der Waals surface area contributed by atoms with Crippen molar-refractivity contribution < 1.29 is 14.6 Å². The van der Waals surface area contributed by atoms with E-state index in [1.807, 2.05) is 12.1 Å². The van der Waals surface area contributed by atoms with Crippen LogP contribution in [0.1, 0.15) is 16.7 Å². The summed E-state index contributed by atoms with van der Waals surface area (Å²) in [6, 6.07) is 24.5. The van der Waals surface area contributed by atoms with E-state index >= 15 is 0 Å². The van der Waals surface area contributed by atoms with Crippen molar-refractivity contribution in [1.29, 1.82) is 0 Å². The summed E-state index contributed by atoms with van der Waals surface area (Å²) in [5, 5.41) is 8.72. The van der Waals surface area contributed by atoms with Gasteiger partial charge in [0.15, 0.2) is 6.61 Å². The molecule has 0 fully saturated rings. The molecule has 0 unspecified atom stereocenters. The molecule has 3 rings (SSSR count). The predicted octanol–water partition coefficient (Wildman–Crippen LogP) is 6.44. The fourth-order valence-corrected chi connectivity index (χ4v) is 4.29. The molecule has 0 amide bonds. The van der Waals surface area contributed by atoms with Gasteiger partial charge in [-0.2, -0.15) is 0 Å². The first-order chi connectivity index (χ1) is 14.0. The summed E-state index contributed by atoms with van der Waals surface area (Å²) in [7, 11) is 0. The summed E-state index contributed by atoms with van der Waals surface area (Å²) in [6.07, 6.45) is 2.24. The highest BCUT2D eigenvalue weighted by Gasteiger charge is 2.07. The minimum atomic E-state index is -0.991. The highest BCUT2D eigenvalue weighted by atomic mass is 79.9. The van der Waals surface area contributed by atoms with E-state index in [2.05, 4.69) is 77.5 Å². The lowest BCUT2D eigenvalue weighted by Crippen LogP contribution is -2.09. The van der Waals surface area contributed by atoms with Crippen LogP contribution in [-0.4, -0.2) is 23.4 Å². The van der Waals surface area contributed by atoms with Crippen molar-refractivity contribution in [3.63, 3.8) is 0 Å². The Balaban J connectivity index is 1.76. The Labute approximate surface area is 183 Å². The molecular weight excluding hydrogens is 448 g/mol. The Kier molecular flexibility index (Phi) is 7.55. The molecule has 3 aromatic rings. The zero-order valence-corrected chi connectivity index (χ0v) is 18.4. The van der Waals surface area contributed by atoms with Crippen molar-refractivity contribution in [2.24, 2.45) is 0 Å². The van der Waals surface area contributed by atoms with Gasteiger partial charge in [0.05, 0.1) is 0 Å². The lowest BCUT2D eigenvalue weighted by atomic mass is 9.97. The lowest BCUT2D eigenvalue weighted by Gasteiger charge is -2.10. The van der Waals surface area contributed by atoms with Crippen LogP contribution in [0.5, 0.6) is 5.75 Å². The fraction of sp³-hybridized carbons (Fsp3) is 0.125. The molecule has 0 bridgehead atoms. The van der Waals surface area contributed by atoms with E-state index in [0.29, 0.717) is 5.75 Å². The number of halogens is 1. The van der Waals surface area contributed by atoms with Crippen molar-refractivity contribution >= 4 is 39.2 Å². The van der Waals surface area contributed by atoms with Gasteiger partial charge in [-0.05, 0) is 57.8 Å². The number of aliphatic carboxylic acids is 1. The molecule has 0 atom stereocenters. The van der Waals surface area contributed by atoms with Crippen LogP contribution in [0, 0.1) is 6.92 Å². The molecule has 3 aromatic carbocycles. The number of thioether (sulfide) groups is 1. The van der Waals surface area contributed by atoms with Gasteiger partial charge in [-0.3, -0.25) is 0 Å². The zero-order valence-electron chi connectivity index (χ0n) is 16.0. The number of ether oxygens (including phenoxy) is 1. The van der Waals surface area contributed by atoms with Gasteiger partial charge < -0.3 is 9.84 Å². The Morgan fingerprint density at radius 1 is 1.03 bits per heavy atom. The van der Waals surface area contributed by atoms with E-state index in [-0.39, 0.29) is 6.61 Å². The molecular formula is C24H21BrO3S. The molecule has 0 aliphatic carbocycles. The number of hydrogen-bond acceptors (Lipinski definition) is 3. The van der Waals surface area contributed by atoms with Gasteiger partial charge in [-0.25, -0.2) is 4.79 Å². The Hall–Kier alpha value is -2.50. The minimum absolute atomic E-state index is 0.349. The van der Waals surface area contributed by atoms with E-state index in [0.717, 1.165) is 15.1 Å². The molecule has 0 saturated carbocycles. The Morgan fingerprint density at radius 3 is 2.38 bits per heavy atom. The quantitative estimate of drug-likeness (QED) is 0.386. The number of carboxylic acid groups (broad SMARTS) is 1. The fourth-order valence-electron chi connectivity index (χ4n) is 2.80. The van der Waals surface area contributed by atoms with Crippen LogP contribution >= 0.6 is 27.7 Å². The van der Waals surface area contributed by atoms with Gasteiger partial charge in [0.2, 0.25) is 0 Å².